The van der Waals surface area contributed by atoms with Gasteiger partial charge in [-0.05, 0) is 12.8 Å². The fraction of sp³-hybridized carbons (Fsp3) is 0.917. The molecule has 2 aliphatic heterocycles. The highest BCUT2D eigenvalue weighted by atomic mass is 16.7. The molecule has 5 heteroatoms. The molecule has 2 aliphatic rings. The van der Waals surface area contributed by atoms with Crippen molar-refractivity contribution in [1.82, 2.24) is 4.90 Å². The van der Waals surface area contributed by atoms with E-state index in [4.69, 9.17) is 14.2 Å². The Morgan fingerprint density at radius 2 is 2.18 bits per heavy atom. The van der Waals surface area contributed by atoms with Crippen molar-refractivity contribution in [3.8, 4) is 0 Å². The maximum Gasteiger partial charge on any atom is 0.222 e. The van der Waals surface area contributed by atoms with E-state index in [9.17, 15) is 4.79 Å². The van der Waals surface area contributed by atoms with Crippen LogP contribution in [0.15, 0.2) is 0 Å². The van der Waals surface area contributed by atoms with Crippen LogP contribution in [-0.2, 0) is 19.0 Å². The molecule has 2 fully saturated rings. The Kier molecular flexibility index (Phi) is 4.36. The topological polar surface area (TPSA) is 48.0 Å². The standard InChI is InChI=1S/C12H21NO4/c1-15-7-2-4-11(14)13-6-3-5-12(10-13)16-8-9-17-12/h2-10H2,1H3. The summed E-state index contributed by atoms with van der Waals surface area (Å²) in [6.07, 6.45) is 3.18. The maximum atomic E-state index is 12.0. The first-order chi connectivity index (χ1) is 8.26. The number of methoxy groups -OCH3 is 1. The van der Waals surface area contributed by atoms with E-state index in [1.807, 2.05) is 4.90 Å². The van der Waals surface area contributed by atoms with Crippen molar-refractivity contribution in [3.63, 3.8) is 0 Å². The van der Waals surface area contributed by atoms with Crippen LogP contribution in [0.4, 0.5) is 0 Å². The maximum absolute atomic E-state index is 12.0. The Bertz CT molecular complexity index is 263. The summed E-state index contributed by atoms with van der Waals surface area (Å²) in [6, 6.07) is 0. The van der Waals surface area contributed by atoms with Crippen LogP contribution in [0.3, 0.4) is 0 Å². The van der Waals surface area contributed by atoms with Gasteiger partial charge in [-0.25, -0.2) is 0 Å². The predicted octanol–water partition coefficient (Wildman–Crippen LogP) is 0.778. The molecule has 0 aromatic heterocycles. The lowest BCUT2D eigenvalue weighted by Gasteiger charge is -2.38. The molecule has 0 radical (unpaired) electrons. The fourth-order valence-corrected chi connectivity index (χ4v) is 2.46. The van der Waals surface area contributed by atoms with Crippen molar-refractivity contribution in [2.45, 2.75) is 31.5 Å². The van der Waals surface area contributed by atoms with E-state index in [1.165, 1.54) is 0 Å². The van der Waals surface area contributed by atoms with Gasteiger partial charge in [0.1, 0.15) is 0 Å². The Morgan fingerprint density at radius 1 is 1.41 bits per heavy atom. The summed E-state index contributed by atoms with van der Waals surface area (Å²) in [4.78, 5) is 13.8. The lowest BCUT2D eigenvalue weighted by molar-refractivity contribution is -0.193. The number of hydrogen-bond donors (Lipinski definition) is 0. The smallest absolute Gasteiger partial charge is 0.222 e. The predicted molar refractivity (Wildman–Crippen MR) is 61.6 cm³/mol. The van der Waals surface area contributed by atoms with Gasteiger partial charge in [0.25, 0.3) is 0 Å². The molecule has 0 saturated carbocycles. The number of rotatable bonds is 4. The van der Waals surface area contributed by atoms with Crippen LogP contribution in [0, 0.1) is 0 Å². The number of piperidine rings is 1. The molecule has 0 N–H and O–H groups in total. The molecule has 2 saturated heterocycles. The lowest BCUT2D eigenvalue weighted by atomic mass is 10.0. The van der Waals surface area contributed by atoms with E-state index in [-0.39, 0.29) is 5.91 Å². The van der Waals surface area contributed by atoms with E-state index >= 15 is 0 Å². The lowest BCUT2D eigenvalue weighted by Crippen LogP contribution is -2.51. The van der Waals surface area contributed by atoms with E-state index in [0.717, 1.165) is 25.8 Å². The van der Waals surface area contributed by atoms with E-state index in [0.29, 0.717) is 32.8 Å². The molecule has 1 amide bonds. The van der Waals surface area contributed by atoms with Gasteiger partial charge in [-0.15, -0.1) is 0 Å². The van der Waals surface area contributed by atoms with Crippen molar-refractivity contribution in [2.75, 3.05) is 40.0 Å². The highest BCUT2D eigenvalue weighted by molar-refractivity contribution is 5.76. The summed E-state index contributed by atoms with van der Waals surface area (Å²) >= 11 is 0. The van der Waals surface area contributed by atoms with Crippen molar-refractivity contribution in [2.24, 2.45) is 0 Å². The van der Waals surface area contributed by atoms with Gasteiger partial charge in [0.05, 0.1) is 19.8 Å². The minimum atomic E-state index is -0.505. The zero-order valence-corrected chi connectivity index (χ0v) is 10.4. The van der Waals surface area contributed by atoms with Crippen molar-refractivity contribution in [3.05, 3.63) is 0 Å². The molecule has 17 heavy (non-hydrogen) atoms. The Hall–Kier alpha value is -0.650. The molecule has 0 aromatic rings. The molecule has 2 rings (SSSR count). The van der Waals surface area contributed by atoms with Gasteiger partial charge in [-0.3, -0.25) is 4.79 Å². The van der Waals surface area contributed by atoms with E-state index in [1.54, 1.807) is 7.11 Å². The van der Waals surface area contributed by atoms with Crippen LogP contribution >= 0.6 is 0 Å². The molecule has 0 aliphatic carbocycles. The SMILES string of the molecule is COCCCC(=O)N1CCCC2(C1)OCCO2. The molecule has 5 nitrogen and oxygen atoms in total. The number of carbonyl (C=O) groups is 1. The number of amides is 1. The van der Waals surface area contributed by atoms with Gasteiger partial charge >= 0.3 is 0 Å². The number of likely N-dealkylation sites (tertiary alicyclic amines) is 1. The molecule has 0 aromatic carbocycles. The molecular formula is C12H21NO4. The van der Waals surface area contributed by atoms with Gasteiger partial charge in [-0.2, -0.15) is 0 Å². The summed E-state index contributed by atoms with van der Waals surface area (Å²) in [5.41, 5.74) is 0. The first-order valence-electron chi connectivity index (χ1n) is 6.30. The molecule has 1 spiro atoms. The molecule has 2 heterocycles. The van der Waals surface area contributed by atoms with Crippen LogP contribution in [0.25, 0.3) is 0 Å². The largest absolute Gasteiger partial charge is 0.385 e. The quantitative estimate of drug-likeness (QED) is 0.685. The zero-order chi connectivity index (χ0) is 12.1. The number of nitrogens with zero attached hydrogens (tertiary/aromatic N) is 1. The second-order valence-electron chi connectivity index (χ2n) is 4.62. The Morgan fingerprint density at radius 3 is 2.88 bits per heavy atom. The van der Waals surface area contributed by atoms with E-state index < -0.39 is 5.79 Å². The molecule has 0 atom stereocenters. The highest BCUT2D eigenvalue weighted by Gasteiger charge is 2.41. The van der Waals surface area contributed by atoms with Gasteiger partial charge in [0.15, 0.2) is 5.79 Å². The normalized spacial score (nSPS) is 23.2. The van der Waals surface area contributed by atoms with E-state index in [2.05, 4.69) is 0 Å². The average Bonchev–Trinajstić information content (AvgIpc) is 2.77. The molecule has 98 valence electrons. The number of carbonyl (C=O) groups excluding carboxylic acids is 1. The third-order valence-electron chi connectivity index (χ3n) is 3.32. The van der Waals surface area contributed by atoms with Crippen molar-refractivity contribution < 1.29 is 19.0 Å². The summed E-state index contributed by atoms with van der Waals surface area (Å²) in [5, 5.41) is 0. The minimum Gasteiger partial charge on any atom is -0.385 e. The van der Waals surface area contributed by atoms with Crippen molar-refractivity contribution >= 4 is 5.91 Å². The second kappa shape index (κ2) is 5.80. The zero-order valence-electron chi connectivity index (χ0n) is 10.4. The van der Waals surface area contributed by atoms with Crippen LogP contribution in [0.5, 0.6) is 0 Å². The summed E-state index contributed by atoms with van der Waals surface area (Å²) in [6.45, 7) is 3.33. The molecule has 0 unspecified atom stereocenters. The monoisotopic (exact) mass is 243 g/mol. The van der Waals surface area contributed by atoms with Crippen LogP contribution in [-0.4, -0.2) is 56.6 Å². The highest BCUT2D eigenvalue weighted by Crippen LogP contribution is 2.30. The first-order valence-corrected chi connectivity index (χ1v) is 6.30. The Balaban J connectivity index is 1.82. The summed E-state index contributed by atoms with van der Waals surface area (Å²) in [7, 11) is 1.65. The molecule has 0 bridgehead atoms. The van der Waals surface area contributed by atoms with Gasteiger partial charge < -0.3 is 19.1 Å². The number of ether oxygens (including phenoxy) is 3. The fourth-order valence-electron chi connectivity index (χ4n) is 2.46. The van der Waals surface area contributed by atoms with Gasteiger partial charge in [0.2, 0.25) is 5.91 Å². The van der Waals surface area contributed by atoms with Gasteiger partial charge in [0, 0.05) is 33.1 Å². The summed E-state index contributed by atoms with van der Waals surface area (Å²) in [5.74, 6) is -0.324. The number of hydrogen-bond acceptors (Lipinski definition) is 4. The second-order valence-corrected chi connectivity index (χ2v) is 4.62. The third-order valence-corrected chi connectivity index (χ3v) is 3.32. The van der Waals surface area contributed by atoms with Crippen molar-refractivity contribution in [1.29, 1.82) is 0 Å². The summed E-state index contributed by atoms with van der Waals surface area (Å²) < 4.78 is 16.2. The molecular weight excluding hydrogens is 222 g/mol. The Labute approximate surface area is 102 Å². The van der Waals surface area contributed by atoms with Crippen LogP contribution in [0.1, 0.15) is 25.7 Å². The minimum absolute atomic E-state index is 0.181. The van der Waals surface area contributed by atoms with Gasteiger partial charge in [-0.1, -0.05) is 0 Å². The third kappa shape index (κ3) is 3.18. The van der Waals surface area contributed by atoms with Crippen LogP contribution in [0.2, 0.25) is 0 Å². The van der Waals surface area contributed by atoms with Crippen LogP contribution < -0.4 is 0 Å². The average molecular weight is 243 g/mol. The first kappa shape index (κ1) is 12.8.